The van der Waals surface area contributed by atoms with Gasteiger partial charge < -0.3 is 5.32 Å². The molecule has 16 heavy (non-hydrogen) atoms. The molecule has 0 aliphatic rings. The number of ketones is 1. The van der Waals surface area contributed by atoms with E-state index in [1.54, 1.807) is 0 Å². The molecule has 88 valence electrons. The van der Waals surface area contributed by atoms with Crippen LogP contribution in [0.2, 0.25) is 0 Å². The fraction of sp³-hybridized carbons (Fsp3) is 0.500. The molecule has 0 fully saturated rings. The molecule has 1 atom stereocenters. The van der Waals surface area contributed by atoms with Crippen molar-refractivity contribution in [3.05, 3.63) is 35.4 Å². The van der Waals surface area contributed by atoms with Crippen molar-refractivity contribution < 1.29 is 4.79 Å². The largest absolute Gasteiger partial charge is 0.310 e. The Hall–Kier alpha value is -1.15. The summed E-state index contributed by atoms with van der Waals surface area (Å²) in [6, 6.07) is 7.81. The lowest BCUT2D eigenvalue weighted by atomic mass is 9.94. The summed E-state index contributed by atoms with van der Waals surface area (Å²) in [4.78, 5) is 12.2. The van der Waals surface area contributed by atoms with E-state index in [1.165, 1.54) is 5.56 Å². The van der Waals surface area contributed by atoms with Gasteiger partial charge in [0.05, 0.1) is 6.04 Å². The first-order valence-electron chi connectivity index (χ1n) is 5.90. The number of nitrogens with one attached hydrogen (secondary N) is 1. The maximum Gasteiger partial charge on any atom is 0.179 e. The predicted molar refractivity (Wildman–Crippen MR) is 67.8 cm³/mol. The SMILES string of the molecule is CCc1ccc(C(=O)C(NC)C(C)C)cc1. The van der Waals surface area contributed by atoms with E-state index in [-0.39, 0.29) is 11.8 Å². The van der Waals surface area contributed by atoms with Crippen LogP contribution in [0.3, 0.4) is 0 Å². The third-order valence-corrected chi connectivity index (χ3v) is 2.91. The Morgan fingerprint density at radius 2 is 1.81 bits per heavy atom. The van der Waals surface area contributed by atoms with Crippen LogP contribution in [0, 0.1) is 5.92 Å². The summed E-state index contributed by atoms with van der Waals surface area (Å²) in [5.41, 5.74) is 2.06. The summed E-state index contributed by atoms with van der Waals surface area (Å²) in [7, 11) is 1.84. The Bertz CT molecular complexity index is 340. The lowest BCUT2D eigenvalue weighted by molar-refractivity contribution is 0.0922. The molecule has 1 N–H and O–H groups in total. The van der Waals surface area contributed by atoms with E-state index in [9.17, 15) is 4.79 Å². The van der Waals surface area contributed by atoms with Gasteiger partial charge in [0.25, 0.3) is 0 Å². The Morgan fingerprint density at radius 1 is 1.25 bits per heavy atom. The van der Waals surface area contributed by atoms with Gasteiger partial charge in [-0.2, -0.15) is 0 Å². The zero-order chi connectivity index (χ0) is 12.1. The first-order valence-corrected chi connectivity index (χ1v) is 5.90. The minimum absolute atomic E-state index is 0.0903. The minimum Gasteiger partial charge on any atom is -0.310 e. The van der Waals surface area contributed by atoms with Crippen molar-refractivity contribution in [1.29, 1.82) is 0 Å². The fourth-order valence-corrected chi connectivity index (χ4v) is 1.85. The molecule has 1 unspecified atom stereocenters. The Kier molecular flexibility index (Phi) is 4.69. The van der Waals surface area contributed by atoms with Crippen LogP contribution in [0.4, 0.5) is 0 Å². The highest BCUT2D eigenvalue weighted by molar-refractivity contribution is 6.00. The summed E-state index contributed by atoms with van der Waals surface area (Å²) >= 11 is 0. The van der Waals surface area contributed by atoms with Crippen molar-refractivity contribution >= 4 is 5.78 Å². The number of carbonyl (C=O) groups is 1. The van der Waals surface area contributed by atoms with Gasteiger partial charge in [0.1, 0.15) is 0 Å². The van der Waals surface area contributed by atoms with Crippen molar-refractivity contribution in [3.63, 3.8) is 0 Å². The molecule has 0 aliphatic carbocycles. The van der Waals surface area contributed by atoms with Gasteiger partial charge in [0.15, 0.2) is 5.78 Å². The van der Waals surface area contributed by atoms with Crippen molar-refractivity contribution in [2.45, 2.75) is 33.2 Å². The van der Waals surface area contributed by atoms with Crippen molar-refractivity contribution in [2.24, 2.45) is 5.92 Å². The standard InChI is InChI=1S/C14H21NO/c1-5-11-6-8-12(9-7-11)14(16)13(15-4)10(2)3/h6-10,13,15H,5H2,1-4H3. The highest BCUT2D eigenvalue weighted by Crippen LogP contribution is 2.12. The molecule has 0 aromatic heterocycles. The van der Waals surface area contributed by atoms with Crippen molar-refractivity contribution in [3.8, 4) is 0 Å². The number of Topliss-reactive ketones (excluding diaryl/α,β-unsaturated/α-hetero) is 1. The third-order valence-electron chi connectivity index (χ3n) is 2.91. The maximum absolute atomic E-state index is 12.2. The molecule has 1 aromatic carbocycles. The second kappa shape index (κ2) is 5.80. The molecule has 2 heteroatoms. The van der Waals surface area contributed by atoms with Crippen LogP contribution in [0.5, 0.6) is 0 Å². The number of benzene rings is 1. The second-order valence-corrected chi connectivity index (χ2v) is 4.43. The van der Waals surface area contributed by atoms with Crippen LogP contribution in [0.15, 0.2) is 24.3 Å². The van der Waals surface area contributed by atoms with Gasteiger partial charge in [-0.3, -0.25) is 4.79 Å². The summed E-state index contributed by atoms with van der Waals surface area (Å²) < 4.78 is 0. The predicted octanol–water partition coefficient (Wildman–Crippen LogP) is 2.68. The van der Waals surface area contributed by atoms with Crippen LogP contribution >= 0.6 is 0 Å². The summed E-state index contributed by atoms with van der Waals surface area (Å²) in [5.74, 6) is 0.489. The summed E-state index contributed by atoms with van der Waals surface area (Å²) in [6.45, 7) is 6.22. The highest BCUT2D eigenvalue weighted by atomic mass is 16.1. The van der Waals surface area contributed by atoms with Crippen LogP contribution in [-0.4, -0.2) is 18.9 Å². The highest BCUT2D eigenvalue weighted by Gasteiger charge is 2.21. The van der Waals surface area contributed by atoms with E-state index < -0.39 is 0 Å². The summed E-state index contributed by atoms with van der Waals surface area (Å²) in [6.07, 6.45) is 1.01. The zero-order valence-electron chi connectivity index (χ0n) is 10.6. The lowest BCUT2D eigenvalue weighted by Gasteiger charge is -2.18. The molecule has 0 radical (unpaired) electrons. The smallest absolute Gasteiger partial charge is 0.179 e. The van der Waals surface area contributed by atoms with E-state index in [4.69, 9.17) is 0 Å². The van der Waals surface area contributed by atoms with E-state index in [0.29, 0.717) is 5.92 Å². The molecular weight excluding hydrogens is 198 g/mol. The van der Waals surface area contributed by atoms with Gasteiger partial charge in [-0.25, -0.2) is 0 Å². The molecule has 0 amide bonds. The lowest BCUT2D eigenvalue weighted by Crippen LogP contribution is -2.38. The maximum atomic E-state index is 12.2. The normalized spacial score (nSPS) is 12.8. The quantitative estimate of drug-likeness (QED) is 0.771. The van der Waals surface area contributed by atoms with Gasteiger partial charge in [-0.15, -0.1) is 0 Å². The molecule has 0 aliphatic heterocycles. The van der Waals surface area contributed by atoms with Gasteiger partial charge >= 0.3 is 0 Å². The number of carbonyl (C=O) groups excluding carboxylic acids is 1. The van der Waals surface area contributed by atoms with E-state index in [2.05, 4.69) is 26.1 Å². The van der Waals surface area contributed by atoms with Crippen LogP contribution in [-0.2, 0) is 6.42 Å². The second-order valence-electron chi connectivity index (χ2n) is 4.43. The molecule has 0 heterocycles. The molecule has 2 nitrogen and oxygen atoms in total. The van der Waals surface area contributed by atoms with Crippen molar-refractivity contribution in [1.82, 2.24) is 5.32 Å². The van der Waals surface area contributed by atoms with Gasteiger partial charge in [0.2, 0.25) is 0 Å². The van der Waals surface area contributed by atoms with Gasteiger partial charge in [-0.1, -0.05) is 45.0 Å². The zero-order valence-corrected chi connectivity index (χ0v) is 10.6. The summed E-state index contributed by atoms with van der Waals surface area (Å²) in [5, 5.41) is 3.08. The number of rotatable bonds is 5. The Balaban J connectivity index is 2.86. The third kappa shape index (κ3) is 2.92. The molecule has 0 saturated heterocycles. The van der Waals surface area contributed by atoms with Crippen molar-refractivity contribution in [2.75, 3.05) is 7.05 Å². The van der Waals surface area contributed by atoms with Gasteiger partial charge in [-0.05, 0) is 24.9 Å². The first kappa shape index (κ1) is 12.9. The topological polar surface area (TPSA) is 29.1 Å². The molecule has 0 spiro atoms. The first-order chi connectivity index (χ1) is 7.60. The average molecular weight is 219 g/mol. The minimum atomic E-state index is -0.0903. The number of hydrogen-bond acceptors (Lipinski definition) is 2. The molecule has 0 bridgehead atoms. The average Bonchev–Trinajstić information content (AvgIpc) is 2.29. The fourth-order valence-electron chi connectivity index (χ4n) is 1.85. The Labute approximate surface area is 98.1 Å². The van der Waals surface area contributed by atoms with E-state index in [0.717, 1.165) is 12.0 Å². The van der Waals surface area contributed by atoms with Gasteiger partial charge in [0, 0.05) is 5.56 Å². The molecule has 1 aromatic rings. The number of aryl methyl sites for hydroxylation is 1. The monoisotopic (exact) mass is 219 g/mol. The van der Waals surface area contributed by atoms with Crippen LogP contribution in [0.1, 0.15) is 36.7 Å². The van der Waals surface area contributed by atoms with E-state index >= 15 is 0 Å². The molecular formula is C14H21NO. The molecule has 0 saturated carbocycles. The number of likely N-dealkylation sites (N-methyl/N-ethyl adjacent to an activating group) is 1. The number of hydrogen-bond donors (Lipinski definition) is 1. The van der Waals surface area contributed by atoms with E-state index in [1.807, 2.05) is 31.3 Å². The Morgan fingerprint density at radius 3 is 2.19 bits per heavy atom. The van der Waals surface area contributed by atoms with Crippen LogP contribution < -0.4 is 5.32 Å². The molecule has 1 rings (SSSR count). The van der Waals surface area contributed by atoms with Crippen LogP contribution in [0.25, 0.3) is 0 Å².